The summed E-state index contributed by atoms with van der Waals surface area (Å²) in [6.45, 7) is 1.38. The van der Waals surface area contributed by atoms with Crippen LogP contribution in [0.25, 0.3) is 28.4 Å². The zero-order chi connectivity index (χ0) is 51.9. The summed E-state index contributed by atoms with van der Waals surface area (Å²) in [5, 5.41) is 138. The van der Waals surface area contributed by atoms with Crippen LogP contribution in [-0.2, 0) is 42.7 Å². The topological polar surface area (TPSA) is 393 Å². The molecule has 72 heavy (non-hydrogen) atoms. The molecule has 1 aromatic heterocycles. The van der Waals surface area contributed by atoms with Gasteiger partial charge in [-0.15, -0.1) is 0 Å². The van der Waals surface area contributed by atoms with Gasteiger partial charge >= 0.3 is 5.97 Å². The number of phenolic OH excluding ortho intramolecular Hbond substituents is 4. The molecule has 8 rings (SSSR count). The van der Waals surface area contributed by atoms with Crippen molar-refractivity contribution >= 4 is 23.0 Å². The molecule has 0 radical (unpaired) electrons. The molecule has 19 atom stereocenters. The third kappa shape index (κ3) is 11.0. The number of fused-ring (bicyclic) bond motifs is 1. The van der Waals surface area contributed by atoms with Crippen molar-refractivity contribution in [3.63, 3.8) is 0 Å². The summed E-state index contributed by atoms with van der Waals surface area (Å²) >= 11 is 0. The Kier molecular flexibility index (Phi) is 16.0. The maximum absolute atomic E-state index is 14.5. The van der Waals surface area contributed by atoms with Gasteiger partial charge in [-0.25, -0.2) is 4.79 Å². The van der Waals surface area contributed by atoms with Gasteiger partial charge in [0.15, 0.2) is 36.8 Å². The van der Waals surface area contributed by atoms with Crippen molar-refractivity contribution < 1.29 is 118 Å². The molecule has 25 heteroatoms. The first-order chi connectivity index (χ1) is 34.2. The van der Waals surface area contributed by atoms with Crippen molar-refractivity contribution in [2.45, 2.75) is 131 Å². The summed E-state index contributed by atoms with van der Waals surface area (Å²) in [4.78, 5) is 28.1. The third-order valence-corrected chi connectivity index (χ3v) is 12.5. The molecule has 13 N–H and O–H groups in total. The lowest BCUT2D eigenvalue weighted by molar-refractivity contribution is -0.365. The Hall–Kier alpha value is -5.56. The Morgan fingerprint density at radius 3 is 1.96 bits per heavy atom. The molecule has 5 heterocycles. The van der Waals surface area contributed by atoms with Crippen LogP contribution in [0, 0.1) is 0 Å². The van der Waals surface area contributed by atoms with Crippen LogP contribution in [-0.4, -0.2) is 202 Å². The highest BCUT2D eigenvalue weighted by Crippen LogP contribution is 2.39. The summed E-state index contributed by atoms with van der Waals surface area (Å²) in [5.74, 6) is -3.80. The summed E-state index contributed by atoms with van der Waals surface area (Å²) in [7, 11) is 0. The van der Waals surface area contributed by atoms with Gasteiger partial charge in [0.05, 0.1) is 25.4 Å². The number of hydrogen-bond donors (Lipinski definition) is 13. The summed E-state index contributed by atoms with van der Waals surface area (Å²) in [6, 6.07) is 12.6. The van der Waals surface area contributed by atoms with Crippen LogP contribution in [0.1, 0.15) is 19.4 Å². The third-order valence-electron chi connectivity index (χ3n) is 12.5. The first-order valence-corrected chi connectivity index (χ1v) is 22.5. The van der Waals surface area contributed by atoms with Crippen LogP contribution < -0.4 is 10.2 Å². The van der Waals surface area contributed by atoms with Gasteiger partial charge in [-0.1, -0.05) is 12.1 Å². The molecule has 0 bridgehead atoms. The minimum atomic E-state index is -2.17. The molecule has 0 saturated carbocycles. The van der Waals surface area contributed by atoms with Crippen molar-refractivity contribution in [1.29, 1.82) is 0 Å². The Balaban J connectivity index is 1.17. The van der Waals surface area contributed by atoms with Gasteiger partial charge in [0.1, 0.15) is 101 Å². The monoisotopic (exact) mass is 1020 g/mol. The molecular formula is C47H54O25. The summed E-state index contributed by atoms with van der Waals surface area (Å²) < 4.78 is 58.9. The van der Waals surface area contributed by atoms with Crippen molar-refractivity contribution in [2.75, 3.05) is 13.2 Å². The number of phenols is 4. The van der Waals surface area contributed by atoms with Gasteiger partial charge in [-0.3, -0.25) is 4.79 Å². The van der Waals surface area contributed by atoms with E-state index in [0.717, 1.165) is 18.2 Å². The fraction of sp³-hybridized carbons (Fsp3) is 0.489. The first kappa shape index (κ1) is 52.8. The highest BCUT2D eigenvalue weighted by molar-refractivity contribution is 5.88. The molecule has 4 aromatic rings. The Bertz CT molecular complexity index is 2590. The van der Waals surface area contributed by atoms with E-state index >= 15 is 0 Å². The fourth-order valence-corrected chi connectivity index (χ4v) is 8.45. The molecule has 4 aliphatic rings. The number of aliphatic hydroxyl groups is 9. The van der Waals surface area contributed by atoms with E-state index in [0.29, 0.717) is 5.56 Å². The van der Waals surface area contributed by atoms with E-state index < -0.39 is 170 Å². The number of hydrogen-bond acceptors (Lipinski definition) is 25. The predicted molar refractivity (Wildman–Crippen MR) is 237 cm³/mol. The SMILES string of the molecule is C[C@@H]1O[C@H](O[C@H]2[C@H](Oc3c(-c4ccc(O)cc4)oc4cc(O)cc(O)c4c3=O)O[C@@H](CO[C@H]3O[C@@H](C)[C@H](O)[C@@H](O[C@H]4OC[C@@H](O)[C@H](O)[C@H]4O)[C@@H]3O)[C@H](OC(=O)/C=C\c3ccc(O)cc3)[C@@H]2O)[C@@H](O)[C@H](O)[C@H]1O. The van der Waals surface area contributed by atoms with E-state index in [-0.39, 0.29) is 22.6 Å². The van der Waals surface area contributed by atoms with Gasteiger partial charge in [0.2, 0.25) is 17.5 Å². The molecule has 0 amide bonds. The quantitative estimate of drug-likeness (QED) is 0.0503. The van der Waals surface area contributed by atoms with Gasteiger partial charge in [-0.05, 0) is 61.9 Å². The average molecular weight is 1020 g/mol. The van der Waals surface area contributed by atoms with Gasteiger partial charge < -0.3 is 113 Å². The minimum absolute atomic E-state index is 0.0634. The van der Waals surface area contributed by atoms with Gasteiger partial charge in [0.25, 0.3) is 0 Å². The van der Waals surface area contributed by atoms with E-state index in [1.807, 2.05) is 0 Å². The molecule has 4 fully saturated rings. The molecule has 0 unspecified atom stereocenters. The lowest BCUT2D eigenvalue weighted by atomic mass is 9.97. The number of rotatable bonds is 13. The van der Waals surface area contributed by atoms with E-state index in [9.17, 15) is 76.0 Å². The van der Waals surface area contributed by atoms with Crippen LogP contribution in [0.4, 0.5) is 0 Å². The highest BCUT2D eigenvalue weighted by atomic mass is 16.8. The van der Waals surface area contributed by atoms with Crippen LogP contribution in [0.15, 0.2) is 76.0 Å². The van der Waals surface area contributed by atoms with E-state index in [1.165, 1.54) is 68.5 Å². The molecule has 4 saturated heterocycles. The number of aliphatic hydroxyl groups excluding tert-OH is 9. The van der Waals surface area contributed by atoms with Crippen LogP contribution in [0.5, 0.6) is 28.7 Å². The largest absolute Gasteiger partial charge is 0.508 e. The second kappa shape index (κ2) is 21.9. The average Bonchev–Trinajstić information content (AvgIpc) is 3.34. The normalized spacial score (nSPS) is 36.3. The number of benzene rings is 3. The van der Waals surface area contributed by atoms with Crippen molar-refractivity contribution in [3.8, 4) is 40.1 Å². The van der Waals surface area contributed by atoms with E-state index in [4.69, 9.17) is 47.0 Å². The highest BCUT2D eigenvalue weighted by Gasteiger charge is 2.54. The van der Waals surface area contributed by atoms with Crippen LogP contribution >= 0.6 is 0 Å². The number of esters is 1. The Labute approximate surface area is 406 Å². The molecular weight excluding hydrogens is 964 g/mol. The molecule has 3 aromatic carbocycles. The lowest BCUT2D eigenvalue weighted by Crippen LogP contribution is -2.66. The maximum Gasteiger partial charge on any atom is 0.331 e. The number of aromatic hydroxyl groups is 4. The van der Waals surface area contributed by atoms with Crippen molar-refractivity contribution in [2.24, 2.45) is 0 Å². The van der Waals surface area contributed by atoms with Crippen LogP contribution in [0.2, 0.25) is 0 Å². The number of carbonyl (C=O) groups is 1. The van der Waals surface area contributed by atoms with Gasteiger partial charge in [0, 0.05) is 23.8 Å². The van der Waals surface area contributed by atoms with E-state index in [1.54, 1.807) is 0 Å². The Morgan fingerprint density at radius 1 is 0.639 bits per heavy atom. The maximum atomic E-state index is 14.5. The zero-order valence-corrected chi connectivity index (χ0v) is 38.0. The first-order valence-electron chi connectivity index (χ1n) is 22.5. The smallest absolute Gasteiger partial charge is 0.331 e. The zero-order valence-electron chi connectivity index (χ0n) is 38.0. The molecule has 4 aliphatic heterocycles. The summed E-state index contributed by atoms with van der Waals surface area (Å²) in [5.41, 5.74) is -0.945. The molecule has 392 valence electrons. The predicted octanol–water partition coefficient (Wildman–Crippen LogP) is -2.11. The van der Waals surface area contributed by atoms with E-state index in [2.05, 4.69) is 0 Å². The standard InChI is InChI=1S/C47H54O25/c1-17-30(54)34(58)36(60)46(66-17)72-43-37(61)40(69-28(53)12-5-19-3-8-21(48)9-4-19)27(16-64-45-38(62)41(31(55)18(2)65-45)70-44-35(59)32(56)25(52)15-63-44)68-47(43)71-42-33(57)29-24(51)13-23(50)14-26(29)67-39(42)20-6-10-22(49)11-7-20/h3-14,17-18,25,27,30-32,34-38,40-41,43-52,54-56,58-62H,15-16H2,1-2H3/b12-5-/t17-,18-,25+,27-,30-,31-,32-,34+,35+,36-,37-,38-,40-,41+,43+,44+,45-,46+,47-/m0/s1. The lowest BCUT2D eigenvalue weighted by Gasteiger charge is -2.47. The molecule has 0 aliphatic carbocycles. The molecule has 25 nitrogen and oxygen atoms in total. The number of carbonyl (C=O) groups excluding carboxylic acids is 1. The molecule has 0 spiro atoms. The van der Waals surface area contributed by atoms with Crippen molar-refractivity contribution in [1.82, 2.24) is 0 Å². The minimum Gasteiger partial charge on any atom is -0.508 e. The van der Waals surface area contributed by atoms with Crippen molar-refractivity contribution in [3.05, 3.63) is 82.5 Å². The second-order valence-electron chi connectivity index (χ2n) is 17.6. The number of ether oxygens (including phenoxy) is 9. The summed E-state index contributed by atoms with van der Waals surface area (Å²) in [6.07, 6.45) is -31.2. The fourth-order valence-electron chi connectivity index (χ4n) is 8.45. The van der Waals surface area contributed by atoms with Gasteiger partial charge in [-0.2, -0.15) is 0 Å². The van der Waals surface area contributed by atoms with Crippen LogP contribution in [0.3, 0.4) is 0 Å². The second-order valence-corrected chi connectivity index (χ2v) is 17.6. The Morgan fingerprint density at radius 2 is 1.26 bits per heavy atom.